The van der Waals surface area contributed by atoms with Gasteiger partial charge in [-0.2, -0.15) is 5.10 Å². The van der Waals surface area contributed by atoms with Crippen LogP contribution in [0.25, 0.3) is 22.2 Å². The molecule has 7 nitrogen and oxygen atoms in total. The molecule has 1 aliphatic carbocycles. The minimum absolute atomic E-state index is 0.0115. The van der Waals surface area contributed by atoms with Crippen molar-refractivity contribution in [3.8, 4) is 22.8 Å². The summed E-state index contributed by atoms with van der Waals surface area (Å²) in [6, 6.07) is 16.5. The lowest BCUT2D eigenvalue weighted by Crippen LogP contribution is -2.44. The van der Waals surface area contributed by atoms with Crippen molar-refractivity contribution < 1.29 is 9.53 Å². The van der Waals surface area contributed by atoms with Crippen LogP contribution in [-0.4, -0.2) is 39.3 Å². The highest BCUT2D eigenvalue weighted by molar-refractivity contribution is 5.96. The first-order valence-corrected chi connectivity index (χ1v) is 12.2. The quantitative estimate of drug-likeness (QED) is 0.451. The van der Waals surface area contributed by atoms with E-state index < -0.39 is 0 Å². The number of carbonyl (C=O) groups excluding carboxylic acids is 1. The molecule has 35 heavy (non-hydrogen) atoms. The molecular formula is C28H29N5O2. The molecule has 1 amide bonds. The van der Waals surface area contributed by atoms with Crippen molar-refractivity contribution >= 4 is 16.8 Å². The SMILES string of the molecule is Cc1cc(-c2cc(Oc3ccc4c(C)nn(C)c4c3)ccn2)ccc1C(=O)N[C@@H]1C[C@H]2C[C@@H]1CN2. The number of amides is 1. The largest absolute Gasteiger partial charge is 0.457 e. The summed E-state index contributed by atoms with van der Waals surface area (Å²) in [5.41, 5.74) is 5.43. The van der Waals surface area contributed by atoms with E-state index in [4.69, 9.17) is 4.74 Å². The predicted molar refractivity (Wildman–Crippen MR) is 136 cm³/mol. The van der Waals surface area contributed by atoms with E-state index in [9.17, 15) is 4.79 Å². The van der Waals surface area contributed by atoms with Crippen LogP contribution >= 0.6 is 0 Å². The van der Waals surface area contributed by atoms with Crippen LogP contribution in [0.4, 0.5) is 0 Å². The first kappa shape index (κ1) is 21.8. The molecule has 2 aliphatic rings. The maximum atomic E-state index is 12.9. The number of fused-ring (bicyclic) bond motifs is 3. The van der Waals surface area contributed by atoms with Crippen LogP contribution in [0.2, 0.25) is 0 Å². The van der Waals surface area contributed by atoms with E-state index in [-0.39, 0.29) is 11.9 Å². The molecule has 2 aromatic heterocycles. The Labute approximate surface area is 204 Å². The third-order valence-corrected chi connectivity index (χ3v) is 7.42. The summed E-state index contributed by atoms with van der Waals surface area (Å²) in [6.45, 7) is 4.99. The van der Waals surface area contributed by atoms with Gasteiger partial charge >= 0.3 is 0 Å². The standard InChI is InChI=1S/C28H29N5O2/c1-16-10-18(4-6-23(16)28(34)31-26-12-20-11-19(26)15-30-20)25-13-22(8-9-29-25)35-21-5-7-24-17(2)32-33(3)27(24)14-21/h4-10,13-14,19-20,26,30H,11-12,15H2,1-3H3,(H,31,34)/t19-,20-,26-/m1/s1. The molecule has 2 aromatic carbocycles. The van der Waals surface area contributed by atoms with Crippen LogP contribution in [-0.2, 0) is 7.05 Å². The second-order valence-corrected chi connectivity index (χ2v) is 9.81. The molecule has 1 aliphatic heterocycles. The molecule has 2 N–H and O–H groups in total. The fourth-order valence-corrected chi connectivity index (χ4v) is 5.59. The number of carbonyl (C=O) groups is 1. The molecule has 2 bridgehead atoms. The average molecular weight is 468 g/mol. The number of nitrogens with one attached hydrogen (secondary N) is 2. The Kier molecular flexibility index (Phi) is 5.29. The van der Waals surface area contributed by atoms with Crippen molar-refractivity contribution in [1.29, 1.82) is 0 Å². The number of aryl methyl sites for hydroxylation is 3. The van der Waals surface area contributed by atoms with Crippen LogP contribution in [0.5, 0.6) is 11.5 Å². The summed E-state index contributed by atoms with van der Waals surface area (Å²) >= 11 is 0. The van der Waals surface area contributed by atoms with Crippen molar-refractivity contribution in [3.05, 3.63) is 71.5 Å². The number of hydrogen-bond acceptors (Lipinski definition) is 5. The lowest BCUT2D eigenvalue weighted by Gasteiger charge is -2.24. The summed E-state index contributed by atoms with van der Waals surface area (Å²) in [5.74, 6) is 2.02. The van der Waals surface area contributed by atoms with Gasteiger partial charge in [-0.25, -0.2) is 0 Å². The lowest BCUT2D eigenvalue weighted by atomic mass is 10.00. The zero-order valence-corrected chi connectivity index (χ0v) is 20.2. The minimum atomic E-state index is 0.0115. The summed E-state index contributed by atoms with van der Waals surface area (Å²) in [7, 11) is 1.94. The van der Waals surface area contributed by atoms with Crippen LogP contribution < -0.4 is 15.4 Å². The topological polar surface area (TPSA) is 81.1 Å². The Balaban J connectivity index is 1.20. The molecule has 3 atom stereocenters. The van der Waals surface area contributed by atoms with E-state index in [2.05, 4.69) is 20.7 Å². The molecule has 0 unspecified atom stereocenters. The number of rotatable bonds is 5. The van der Waals surface area contributed by atoms with Gasteiger partial charge in [0.15, 0.2) is 0 Å². The highest BCUT2D eigenvalue weighted by atomic mass is 16.5. The number of piperidine rings is 1. The van der Waals surface area contributed by atoms with Crippen molar-refractivity contribution in [2.45, 2.75) is 38.8 Å². The third-order valence-electron chi connectivity index (χ3n) is 7.42. The van der Waals surface area contributed by atoms with Crippen LogP contribution in [0.15, 0.2) is 54.7 Å². The van der Waals surface area contributed by atoms with Gasteiger partial charge in [-0.1, -0.05) is 6.07 Å². The first-order valence-electron chi connectivity index (χ1n) is 12.2. The number of nitrogens with zero attached hydrogens (tertiary/aromatic N) is 3. The fraction of sp³-hybridized carbons (Fsp3) is 0.321. The van der Waals surface area contributed by atoms with Crippen molar-refractivity contribution in [3.63, 3.8) is 0 Å². The van der Waals surface area contributed by atoms with Gasteiger partial charge in [-0.05, 0) is 68.5 Å². The van der Waals surface area contributed by atoms with Gasteiger partial charge in [0.2, 0.25) is 0 Å². The molecule has 6 rings (SSSR count). The van der Waals surface area contributed by atoms with Crippen molar-refractivity contribution in [2.24, 2.45) is 13.0 Å². The van der Waals surface area contributed by atoms with Crippen LogP contribution in [0, 0.1) is 19.8 Å². The molecule has 1 saturated carbocycles. The van der Waals surface area contributed by atoms with Gasteiger partial charge in [0.05, 0.1) is 16.9 Å². The zero-order chi connectivity index (χ0) is 24.1. The summed E-state index contributed by atoms with van der Waals surface area (Å²) in [6.07, 6.45) is 3.94. The molecule has 0 radical (unpaired) electrons. The predicted octanol–water partition coefficient (Wildman–Crippen LogP) is 4.52. The summed E-state index contributed by atoms with van der Waals surface area (Å²) in [4.78, 5) is 17.5. The van der Waals surface area contributed by atoms with Crippen LogP contribution in [0.1, 0.15) is 34.5 Å². The van der Waals surface area contributed by atoms with Gasteiger partial charge in [0.1, 0.15) is 11.5 Å². The van der Waals surface area contributed by atoms with E-state index >= 15 is 0 Å². The molecule has 1 saturated heterocycles. The first-order chi connectivity index (χ1) is 16.9. The Morgan fingerprint density at radius 3 is 2.71 bits per heavy atom. The molecule has 3 heterocycles. The third kappa shape index (κ3) is 4.06. The Hall–Kier alpha value is -3.71. The maximum absolute atomic E-state index is 12.9. The number of benzene rings is 2. The van der Waals surface area contributed by atoms with E-state index in [0.29, 0.717) is 17.7 Å². The maximum Gasteiger partial charge on any atom is 0.251 e. The lowest BCUT2D eigenvalue weighted by molar-refractivity contribution is 0.0924. The highest BCUT2D eigenvalue weighted by Gasteiger charge is 2.40. The summed E-state index contributed by atoms with van der Waals surface area (Å²) in [5, 5.41) is 12.4. The number of pyridine rings is 1. The molecule has 178 valence electrons. The van der Waals surface area contributed by atoms with E-state index in [0.717, 1.165) is 57.7 Å². The second kappa shape index (κ2) is 8.50. The Bertz CT molecular complexity index is 1440. The molecular weight excluding hydrogens is 438 g/mol. The fourth-order valence-electron chi connectivity index (χ4n) is 5.59. The highest BCUT2D eigenvalue weighted by Crippen LogP contribution is 2.32. The van der Waals surface area contributed by atoms with Crippen LogP contribution in [0.3, 0.4) is 0 Å². The second-order valence-electron chi connectivity index (χ2n) is 9.81. The van der Waals surface area contributed by atoms with E-state index in [1.807, 2.05) is 74.1 Å². The summed E-state index contributed by atoms with van der Waals surface area (Å²) < 4.78 is 8.02. The zero-order valence-electron chi connectivity index (χ0n) is 20.2. The van der Waals surface area contributed by atoms with Gasteiger partial charge in [-0.15, -0.1) is 0 Å². The number of hydrogen-bond donors (Lipinski definition) is 2. The van der Waals surface area contributed by atoms with Gasteiger partial charge in [-0.3, -0.25) is 14.5 Å². The molecule has 7 heteroatoms. The molecule has 2 fully saturated rings. The van der Waals surface area contributed by atoms with E-state index in [1.165, 1.54) is 6.42 Å². The normalized spacial score (nSPS) is 20.9. The molecule has 4 aromatic rings. The van der Waals surface area contributed by atoms with Gasteiger partial charge < -0.3 is 15.4 Å². The number of aromatic nitrogens is 3. The van der Waals surface area contributed by atoms with Gasteiger partial charge in [0.25, 0.3) is 5.91 Å². The van der Waals surface area contributed by atoms with Gasteiger partial charge in [0, 0.05) is 60.5 Å². The van der Waals surface area contributed by atoms with Crippen molar-refractivity contribution in [2.75, 3.05) is 6.54 Å². The van der Waals surface area contributed by atoms with E-state index in [1.54, 1.807) is 6.20 Å². The minimum Gasteiger partial charge on any atom is -0.457 e. The molecule has 0 spiro atoms. The Morgan fingerprint density at radius 1 is 1.09 bits per heavy atom. The average Bonchev–Trinajstić information content (AvgIpc) is 3.54. The van der Waals surface area contributed by atoms with Crippen molar-refractivity contribution in [1.82, 2.24) is 25.4 Å². The smallest absolute Gasteiger partial charge is 0.251 e. The monoisotopic (exact) mass is 467 g/mol. The number of ether oxygens (including phenoxy) is 1. The Morgan fingerprint density at radius 2 is 1.94 bits per heavy atom.